The molecule has 1 aromatic heterocycles. The summed E-state index contributed by atoms with van der Waals surface area (Å²) in [5.41, 5.74) is 1.47. The van der Waals surface area contributed by atoms with Crippen molar-refractivity contribution in [3.8, 4) is 28.7 Å². The van der Waals surface area contributed by atoms with E-state index in [4.69, 9.17) is 23.4 Å². The number of nitrogens with one attached hydrogen (secondary N) is 1. The van der Waals surface area contributed by atoms with E-state index in [9.17, 15) is 9.59 Å². The lowest BCUT2D eigenvalue weighted by Gasteiger charge is -2.12. The fourth-order valence-electron chi connectivity index (χ4n) is 3.51. The Morgan fingerprint density at radius 3 is 2.49 bits per heavy atom. The fourth-order valence-corrected chi connectivity index (χ4v) is 3.51. The number of benzene rings is 3. The van der Waals surface area contributed by atoms with E-state index in [1.807, 2.05) is 31.2 Å². The highest BCUT2D eigenvalue weighted by Crippen LogP contribution is 2.29. The second-order valence-corrected chi connectivity index (χ2v) is 7.55. The minimum Gasteiger partial charge on any atom is -0.497 e. The SMILES string of the molecule is CCc1ccccc1Oc1coc2cc(OCC(=O)Nc3cc(OC)ccc3OC)ccc2c1=O. The van der Waals surface area contributed by atoms with Gasteiger partial charge in [-0.3, -0.25) is 9.59 Å². The van der Waals surface area contributed by atoms with Gasteiger partial charge in [0, 0.05) is 12.1 Å². The van der Waals surface area contributed by atoms with Gasteiger partial charge in [0.15, 0.2) is 6.61 Å². The monoisotopic (exact) mass is 475 g/mol. The molecule has 0 aliphatic rings. The Morgan fingerprint density at radius 2 is 1.71 bits per heavy atom. The first kappa shape index (κ1) is 23.7. The maximum atomic E-state index is 12.9. The van der Waals surface area contributed by atoms with Gasteiger partial charge in [-0.2, -0.15) is 0 Å². The van der Waals surface area contributed by atoms with Gasteiger partial charge in [0.05, 0.1) is 25.3 Å². The van der Waals surface area contributed by atoms with Gasteiger partial charge < -0.3 is 28.7 Å². The van der Waals surface area contributed by atoms with Gasteiger partial charge in [-0.1, -0.05) is 25.1 Å². The molecule has 0 saturated heterocycles. The van der Waals surface area contributed by atoms with Crippen LogP contribution in [0.3, 0.4) is 0 Å². The minimum atomic E-state index is -0.392. The molecular weight excluding hydrogens is 450 g/mol. The van der Waals surface area contributed by atoms with E-state index in [1.54, 1.807) is 36.4 Å². The molecule has 0 fully saturated rings. The molecule has 0 bridgehead atoms. The Kier molecular flexibility index (Phi) is 7.21. The number of carbonyl (C=O) groups excluding carboxylic acids is 1. The van der Waals surface area contributed by atoms with E-state index in [-0.39, 0.29) is 17.8 Å². The molecule has 35 heavy (non-hydrogen) atoms. The first-order valence-corrected chi connectivity index (χ1v) is 11.0. The summed E-state index contributed by atoms with van der Waals surface area (Å²) in [5.74, 6) is 1.76. The molecule has 4 aromatic rings. The number of amides is 1. The number of hydrogen-bond acceptors (Lipinski definition) is 7. The number of para-hydroxylation sites is 1. The van der Waals surface area contributed by atoms with Crippen molar-refractivity contribution in [1.29, 1.82) is 0 Å². The number of methoxy groups -OCH3 is 2. The van der Waals surface area contributed by atoms with Gasteiger partial charge in [-0.05, 0) is 42.3 Å². The molecule has 0 saturated carbocycles. The summed E-state index contributed by atoms with van der Waals surface area (Å²) >= 11 is 0. The second-order valence-electron chi connectivity index (χ2n) is 7.55. The van der Waals surface area contributed by atoms with Crippen LogP contribution in [-0.4, -0.2) is 26.7 Å². The van der Waals surface area contributed by atoms with Crippen molar-refractivity contribution >= 4 is 22.6 Å². The van der Waals surface area contributed by atoms with Crippen molar-refractivity contribution in [1.82, 2.24) is 0 Å². The highest BCUT2D eigenvalue weighted by atomic mass is 16.5. The van der Waals surface area contributed by atoms with Crippen LogP contribution in [0.1, 0.15) is 12.5 Å². The second kappa shape index (κ2) is 10.6. The molecule has 0 aliphatic carbocycles. The summed E-state index contributed by atoms with van der Waals surface area (Å²) in [6, 6.07) is 17.3. The molecule has 3 aromatic carbocycles. The third-order valence-corrected chi connectivity index (χ3v) is 5.34. The predicted molar refractivity (Wildman–Crippen MR) is 132 cm³/mol. The van der Waals surface area contributed by atoms with Crippen LogP contribution in [0.4, 0.5) is 5.69 Å². The van der Waals surface area contributed by atoms with Crippen LogP contribution >= 0.6 is 0 Å². The molecular formula is C27H25NO7. The Bertz CT molecular complexity index is 1410. The molecule has 180 valence electrons. The summed E-state index contributed by atoms with van der Waals surface area (Å²) in [6.07, 6.45) is 2.05. The standard InChI is InChI=1S/C27H25NO7/c1-4-17-7-5-6-8-22(17)35-25-15-34-24-14-19(9-11-20(24)27(25)30)33-16-26(29)28-21-13-18(31-2)10-12-23(21)32-3/h5-15H,4,16H2,1-3H3,(H,28,29). The topological polar surface area (TPSA) is 96.2 Å². The van der Waals surface area contributed by atoms with Crippen molar-refractivity contribution in [2.75, 3.05) is 26.1 Å². The van der Waals surface area contributed by atoms with E-state index in [1.165, 1.54) is 20.5 Å². The van der Waals surface area contributed by atoms with Crippen LogP contribution in [0, 0.1) is 0 Å². The van der Waals surface area contributed by atoms with E-state index < -0.39 is 5.91 Å². The highest BCUT2D eigenvalue weighted by molar-refractivity contribution is 5.93. The zero-order valence-corrected chi connectivity index (χ0v) is 19.6. The zero-order chi connectivity index (χ0) is 24.8. The largest absolute Gasteiger partial charge is 0.497 e. The van der Waals surface area contributed by atoms with Crippen molar-refractivity contribution in [2.24, 2.45) is 0 Å². The minimum absolute atomic E-state index is 0.0960. The van der Waals surface area contributed by atoms with Crippen LogP contribution in [0.5, 0.6) is 28.7 Å². The van der Waals surface area contributed by atoms with E-state index in [2.05, 4.69) is 5.32 Å². The van der Waals surface area contributed by atoms with Crippen LogP contribution in [0.25, 0.3) is 11.0 Å². The predicted octanol–water partition coefficient (Wildman–Crippen LogP) is 5.18. The van der Waals surface area contributed by atoms with Crippen LogP contribution in [-0.2, 0) is 11.2 Å². The Hall–Kier alpha value is -4.46. The Morgan fingerprint density at radius 1 is 0.914 bits per heavy atom. The summed E-state index contributed by atoms with van der Waals surface area (Å²) < 4.78 is 27.5. The number of hydrogen-bond donors (Lipinski definition) is 1. The normalized spacial score (nSPS) is 10.6. The number of anilines is 1. The van der Waals surface area contributed by atoms with Gasteiger partial charge in [0.25, 0.3) is 5.91 Å². The molecule has 1 amide bonds. The number of carbonyl (C=O) groups is 1. The summed E-state index contributed by atoms with van der Waals surface area (Å²) in [6.45, 7) is 1.76. The lowest BCUT2D eigenvalue weighted by Crippen LogP contribution is -2.20. The van der Waals surface area contributed by atoms with Gasteiger partial charge in [-0.15, -0.1) is 0 Å². The van der Waals surface area contributed by atoms with Gasteiger partial charge in [-0.25, -0.2) is 0 Å². The first-order valence-electron chi connectivity index (χ1n) is 11.0. The average Bonchev–Trinajstić information content (AvgIpc) is 2.89. The van der Waals surface area contributed by atoms with Crippen molar-refractivity contribution in [3.63, 3.8) is 0 Å². The zero-order valence-electron chi connectivity index (χ0n) is 19.6. The lowest BCUT2D eigenvalue weighted by atomic mass is 10.1. The van der Waals surface area contributed by atoms with Crippen LogP contribution in [0.2, 0.25) is 0 Å². The molecule has 8 heteroatoms. The van der Waals surface area contributed by atoms with E-state index in [0.29, 0.717) is 39.7 Å². The third-order valence-electron chi connectivity index (χ3n) is 5.34. The molecule has 1 heterocycles. The Labute approximate surface area is 202 Å². The van der Waals surface area contributed by atoms with E-state index in [0.717, 1.165) is 12.0 Å². The summed E-state index contributed by atoms with van der Waals surface area (Å²) in [5, 5.41) is 3.08. The number of rotatable bonds is 9. The lowest BCUT2D eigenvalue weighted by molar-refractivity contribution is -0.118. The summed E-state index contributed by atoms with van der Waals surface area (Å²) in [4.78, 5) is 25.3. The van der Waals surface area contributed by atoms with Crippen molar-refractivity contribution < 1.29 is 28.2 Å². The Balaban J connectivity index is 1.46. The van der Waals surface area contributed by atoms with E-state index >= 15 is 0 Å². The molecule has 0 radical (unpaired) electrons. The number of fused-ring (bicyclic) bond motifs is 1. The number of ether oxygens (including phenoxy) is 4. The van der Waals surface area contributed by atoms with Gasteiger partial charge in [0.2, 0.25) is 11.2 Å². The molecule has 4 rings (SSSR count). The van der Waals surface area contributed by atoms with Crippen molar-refractivity contribution in [2.45, 2.75) is 13.3 Å². The van der Waals surface area contributed by atoms with Gasteiger partial charge in [0.1, 0.15) is 34.8 Å². The molecule has 0 atom stereocenters. The first-order chi connectivity index (χ1) is 17.0. The van der Waals surface area contributed by atoms with Crippen LogP contribution < -0.4 is 29.7 Å². The fraction of sp³-hybridized carbons (Fsp3) is 0.185. The van der Waals surface area contributed by atoms with Gasteiger partial charge >= 0.3 is 0 Å². The molecule has 0 spiro atoms. The highest BCUT2D eigenvalue weighted by Gasteiger charge is 2.13. The maximum Gasteiger partial charge on any atom is 0.262 e. The molecule has 0 aliphatic heterocycles. The number of aryl methyl sites for hydroxylation is 1. The molecule has 8 nitrogen and oxygen atoms in total. The third kappa shape index (κ3) is 5.38. The smallest absolute Gasteiger partial charge is 0.262 e. The summed E-state index contributed by atoms with van der Waals surface area (Å²) in [7, 11) is 3.05. The maximum absolute atomic E-state index is 12.9. The quantitative estimate of drug-likeness (QED) is 0.356. The average molecular weight is 475 g/mol. The molecule has 1 N–H and O–H groups in total. The van der Waals surface area contributed by atoms with Crippen LogP contribution in [0.15, 0.2) is 76.1 Å². The molecule has 0 unspecified atom stereocenters. The van der Waals surface area contributed by atoms with Crippen molar-refractivity contribution in [3.05, 3.63) is 82.7 Å².